The maximum atomic E-state index is 9.68. The maximum absolute atomic E-state index is 9.68. The second-order valence-electron chi connectivity index (χ2n) is 6.03. The minimum atomic E-state index is -0.483. The van der Waals surface area contributed by atoms with Crippen molar-refractivity contribution in [1.29, 1.82) is 5.26 Å². The summed E-state index contributed by atoms with van der Waals surface area (Å²) in [6, 6.07) is 10.5. The molecule has 0 saturated carbocycles. The van der Waals surface area contributed by atoms with E-state index in [-0.39, 0.29) is 0 Å². The van der Waals surface area contributed by atoms with E-state index in [0.717, 1.165) is 23.0 Å². The van der Waals surface area contributed by atoms with Crippen LogP contribution in [0, 0.1) is 23.2 Å². The molecular formula is C16H23BrN2. The Hall–Kier alpha value is -1.01. The van der Waals surface area contributed by atoms with Crippen molar-refractivity contribution in [3.63, 3.8) is 0 Å². The standard InChI is InChI=1S/C16H23BrN2/c1-12(2)9-16(11-18,10-13(3)4)19-15-7-5-6-14(17)8-15/h5-8,12-13,19H,9-10H2,1-4H3. The molecule has 0 aliphatic heterocycles. The van der Waals surface area contributed by atoms with Gasteiger partial charge in [0.05, 0.1) is 6.07 Å². The van der Waals surface area contributed by atoms with Crippen molar-refractivity contribution in [3.8, 4) is 6.07 Å². The van der Waals surface area contributed by atoms with E-state index in [9.17, 15) is 5.26 Å². The number of benzene rings is 1. The Morgan fingerprint density at radius 3 is 2.21 bits per heavy atom. The molecule has 0 radical (unpaired) electrons. The molecule has 2 nitrogen and oxygen atoms in total. The molecule has 0 aromatic heterocycles. The fraction of sp³-hybridized carbons (Fsp3) is 0.562. The summed E-state index contributed by atoms with van der Waals surface area (Å²) in [5, 5.41) is 13.1. The lowest BCUT2D eigenvalue weighted by atomic mass is 9.82. The summed E-state index contributed by atoms with van der Waals surface area (Å²) in [5.41, 5.74) is 0.514. The Bertz CT molecular complexity index is 436. The monoisotopic (exact) mass is 322 g/mol. The molecule has 3 heteroatoms. The largest absolute Gasteiger partial charge is 0.367 e. The summed E-state index contributed by atoms with van der Waals surface area (Å²) < 4.78 is 1.03. The van der Waals surface area contributed by atoms with Crippen LogP contribution in [0.3, 0.4) is 0 Å². The molecule has 1 N–H and O–H groups in total. The molecule has 1 rings (SSSR count). The van der Waals surface area contributed by atoms with Gasteiger partial charge >= 0.3 is 0 Å². The second-order valence-corrected chi connectivity index (χ2v) is 6.94. The molecule has 0 heterocycles. The van der Waals surface area contributed by atoms with Crippen molar-refractivity contribution in [3.05, 3.63) is 28.7 Å². The van der Waals surface area contributed by atoms with Crippen molar-refractivity contribution in [2.24, 2.45) is 11.8 Å². The number of hydrogen-bond acceptors (Lipinski definition) is 2. The van der Waals surface area contributed by atoms with E-state index >= 15 is 0 Å². The molecule has 0 unspecified atom stereocenters. The van der Waals surface area contributed by atoms with Crippen LogP contribution in [0.5, 0.6) is 0 Å². The van der Waals surface area contributed by atoms with Gasteiger partial charge in [0.2, 0.25) is 0 Å². The predicted molar refractivity (Wildman–Crippen MR) is 85.0 cm³/mol. The van der Waals surface area contributed by atoms with Crippen LogP contribution < -0.4 is 5.32 Å². The first-order chi connectivity index (χ1) is 8.87. The molecule has 1 aromatic carbocycles. The number of nitriles is 1. The smallest absolute Gasteiger partial charge is 0.125 e. The van der Waals surface area contributed by atoms with E-state index in [2.05, 4.69) is 55.0 Å². The first kappa shape index (κ1) is 16.0. The average Bonchev–Trinajstić information content (AvgIpc) is 2.26. The van der Waals surface area contributed by atoms with Gasteiger partial charge < -0.3 is 5.32 Å². The maximum Gasteiger partial charge on any atom is 0.125 e. The molecule has 0 bridgehead atoms. The highest BCUT2D eigenvalue weighted by Crippen LogP contribution is 2.29. The van der Waals surface area contributed by atoms with Crippen LogP contribution >= 0.6 is 15.9 Å². The Labute approximate surface area is 125 Å². The van der Waals surface area contributed by atoms with Gasteiger partial charge in [-0.15, -0.1) is 0 Å². The van der Waals surface area contributed by atoms with E-state index in [0.29, 0.717) is 11.8 Å². The minimum Gasteiger partial charge on any atom is -0.367 e. The third-order valence-electron chi connectivity index (χ3n) is 2.94. The van der Waals surface area contributed by atoms with Crippen LogP contribution in [0.1, 0.15) is 40.5 Å². The molecule has 19 heavy (non-hydrogen) atoms. The van der Waals surface area contributed by atoms with E-state index in [1.165, 1.54) is 0 Å². The normalized spacial score (nSPS) is 11.7. The molecule has 104 valence electrons. The zero-order valence-corrected chi connectivity index (χ0v) is 13.8. The summed E-state index contributed by atoms with van der Waals surface area (Å²) in [6.07, 6.45) is 1.71. The highest BCUT2D eigenvalue weighted by molar-refractivity contribution is 9.10. The third-order valence-corrected chi connectivity index (χ3v) is 3.43. The van der Waals surface area contributed by atoms with Gasteiger partial charge in [-0.25, -0.2) is 0 Å². The first-order valence-corrected chi connectivity index (χ1v) is 7.61. The third kappa shape index (κ3) is 5.24. The van der Waals surface area contributed by atoms with Gasteiger partial charge in [0.25, 0.3) is 0 Å². The van der Waals surface area contributed by atoms with Crippen LogP contribution in [0.15, 0.2) is 28.7 Å². The summed E-state index contributed by atoms with van der Waals surface area (Å²) >= 11 is 3.47. The number of rotatable bonds is 6. The van der Waals surface area contributed by atoms with Crippen LogP contribution in [0.2, 0.25) is 0 Å². The van der Waals surface area contributed by atoms with Crippen LogP contribution in [-0.2, 0) is 0 Å². The van der Waals surface area contributed by atoms with Crippen molar-refractivity contribution < 1.29 is 0 Å². The van der Waals surface area contributed by atoms with Gasteiger partial charge in [0.1, 0.15) is 5.54 Å². The fourth-order valence-electron chi connectivity index (χ4n) is 2.54. The van der Waals surface area contributed by atoms with E-state index in [4.69, 9.17) is 0 Å². The van der Waals surface area contributed by atoms with E-state index in [1.54, 1.807) is 0 Å². The Balaban J connectivity index is 2.99. The topological polar surface area (TPSA) is 35.8 Å². The molecule has 0 aliphatic rings. The highest BCUT2D eigenvalue weighted by atomic mass is 79.9. The molecule has 1 aromatic rings. The SMILES string of the molecule is CC(C)CC(C#N)(CC(C)C)Nc1cccc(Br)c1. The minimum absolute atomic E-state index is 0.483. The number of nitrogens with zero attached hydrogens (tertiary/aromatic N) is 1. The lowest BCUT2D eigenvalue weighted by Crippen LogP contribution is -2.39. The number of hydrogen-bond donors (Lipinski definition) is 1. The van der Waals surface area contributed by atoms with Gasteiger partial charge in [-0.1, -0.05) is 49.7 Å². The molecule has 0 amide bonds. The van der Waals surface area contributed by atoms with Crippen molar-refractivity contribution >= 4 is 21.6 Å². The number of anilines is 1. The highest BCUT2D eigenvalue weighted by Gasteiger charge is 2.31. The van der Waals surface area contributed by atoms with Gasteiger partial charge in [0, 0.05) is 10.2 Å². The van der Waals surface area contributed by atoms with Crippen LogP contribution in [0.25, 0.3) is 0 Å². The summed E-state index contributed by atoms with van der Waals surface area (Å²) in [7, 11) is 0. The molecular weight excluding hydrogens is 300 g/mol. The van der Waals surface area contributed by atoms with Crippen LogP contribution in [-0.4, -0.2) is 5.54 Å². The van der Waals surface area contributed by atoms with Gasteiger partial charge in [-0.3, -0.25) is 0 Å². The van der Waals surface area contributed by atoms with Gasteiger partial charge in [-0.2, -0.15) is 5.26 Å². The van der Waals surface area contributed by atoms with Crippen molar-refractivity contribution in [2.45, 2.75) is 46.1 Å². The van der Waals surface area contributed by atoms with Gasteiger partial charge in [-0.05, 0) is 42.9 Å². The first-order valence-electron chi connectivity index (χ1n) is 6.82. The lowest BCUT2D eigenvalue weighted by Gasteiger charge is -2.32. The van der Waals surface area contributed by atoms with Gasteiger partial charge in [0.15, 0.2) is 0 Å². The average molecular weight is 323 g/mol. The summed E-state index contributed by atoms with van der Waals surface area (Å²) in [4.78, 5) is 0. The second kappa shape index (κ2) is 6.96. The quantitative estimate of drug-likeness (QED) is 0.779. The Kier molecular flexibility index (Phi) is 5.87. The summed E-state index contributed by atoms with van der Waals surface area (Å²) in [5.74, 6) is 0.969. The van der Waals surface area contributed by atoms with E-state index in [1.807, 2.05) is 24.3 Å². The summed E-state index contributed by atoms with van der Waals surface area (Å²) in [6.45, 7) is 8.65. The molecule has 0 saturated heterocycles. The zero-order valence-electron chi connectivity index (χ0n) is 12.2. The Morgan fingerprint density at radius 2 is 1.79 bits per heavy atom. The molecule has 0 aliphatic carbocycles. The predicted octanol–water partition coefficient (Wildman–Crippen LogP) is 5.22. The fourth-order valence-corrected chi connectivity index (χ4v) is 2.94. The number of halogens is 1. The molecule has 0 fully saturated rings. The molecule has 0 spiro atoms. The van der Waals surface area contributed by atoms with E-state index < -0.39 is 5.54 Å². The van der Waals surface area contributed by atoms with Crippen molar-refractivity contribution in [1.82, 2.24) is 0 Å². The zero-order chi connectivity index (χ0) is 14.5. The Morgan fingerprint density at radius 1 is 1.21 bits per heavy atom. The number of nitrogens with one attached hydrogen (secondary N) is 1. The lowest BCUT2D eigenvalue weighted by molar-refractivity contribution is 0.376. The molecule has 0 atom stereocenters. The van der Waals surface area contributed by atoms with Crippen molar-refractivity contribution in [2.75, 3.05) is 5.32 Å². The van der Waals surface area contributed by atoms with Crippen LogP contribution in [0.4, 0.5) is 5.69 Å².